The first kappa shape index (κ1) is 13.4. The summed E-state index contributed by atoms with van der Waals surface area (Å²) in [4.78, 5) is 2.62. The third-order valence-electron chi connectivity index (χ3n) is 4.27. The normalized spacial score (nSPS) is 27.8. The minimum Gasteiger partial charge on any atom is -0.381 e. The van der Waals surface area contributed by atoms with Crippen LogP contribution in [0.2, 0.25) is 0 Å². The number of likely N-dealkylation sites (tertiary alicyclic amines) is 1. The Morgan fingerprint density at radius 3 is 2.79 bits per heavy atom. The number of aryl methyl sites for hydroxylation is 1. The van der Waals surface area contributed by atoms with Gasteiger partial charge in [0.15, 0.2) is 0 Å². The molecule has 1 aromatic carbocycles. The molecule has 0 spiro atoms. The highest BCUT2D eigenvalue weighted by atomic mass is 79.9. The maximum atomic E-state index is 13.4. The predicted molar refractivity (Wildman–Crippen MR) is 80.1 cm³/mol. The van der Waals surface area contributed by atoms with Gasteiger partial charge in [-0.3, -0.25) is 4.90 Å². The largest absolute Gasteiger partial charge is 0.381 e. The van der Waals surface area contributed by atoms with Gasteiger partial charge in [0.25, 0.3) is 0 Å². The van der Waals surface area contributed by atoms with Crippen molar-refractivity contribution in [1.29, 1.82) is 0 Å². The molecule has 3 rings (SSSR count). The molecule has 19 heavy (non-hydrogen) atoms. The van der Waals surface area contributed by atoms with Crippen molar-refractivity contribution in [2.75, 3.05) is 11.9 Å². The van der Waals surface area contributed by atoms with E-state index in [-0.39, 0.29) is 5.82 Å². The summed E-state index contributed by atoms with van der Waals surface area (Å²) in [6, 6.07) is 5.40. The first-order valence-corrected chi connectivity index (χ1v) is 7.82. The molecular weight excluding hydrogens is 307 g/mol. The van der Waals surface area contributed by atoms with Gasteiger partial charge in [-0.2, -0.15) is 0 Å². The molecular formula is C15H20BrFN2. The van der Waals surface area contributed by atoms with E-state index in [9.17, 15) is 4.39 Å². The van der Waals surface area contributed by atoms with E-state index < -0.39 is 0 Å². The van der Waals surface area contributed by atoms with E-state index in [0.717, 1.165) is 23.8 Å². The summed E-state index contributed by atoms with van der Waals surface area (Å²) < 4.78 is 14.0. The maximum absolute atomic E-state index is 13.4. The quantitative estimate of drug-likeness (QED) is 0.905. The summed E-state index contributed by atoms with van der Waals surface area (Å²) in [6.45, 7) is 5.38. The van der Waals surface area contributed by atoms with Crippen LogP contribution in [0.5, 0.6) is 0 Å². The molecule has 1 aromatic rings. The van der Waals surface area contributed by atoms with Crippen LogP contribution in [0.4, 0.5) is 10.1 Å². The highest BCUT2D eigenvalue weighted by Crippen LogP contribution is 2.34. The van der Waals surface area contributed by atoms with Crippen LogP contribution in [0.15, 0.2) is 16.6 Å². The van der Waals surface area contributed by atoms with Crippen molar-refractivity contribution >= 4 is 21.6 Å². The monoisotopic (exact) mass is 326 g/mol. The van der Waals surface area contributed by atoms with Gasteiger partial charge < -0.3 is 5.32 Å². The Labute approximate surface area is 122 Å². The van der Waals surface area contributed by atoms with Crippen molar-refractivity contribution in [3.05, 3.63) is 28.0 Å². The standard InChI is InChI=1S/C15H20BrFN2/c1-9-5-14(17)13(16)7-15(9)18-11-6-10(2)19(8-11)12-3-4-12/h5,7,10-12,18H,3-4,6,8H2,1-2H3. The van der Waals surface area contributed by atoms with Gasteiger partial charge in [-0.1, -0.05) is 0 Å². The molecule has 1 saturated heterocycles. The van der Waals surface area contributed by atoms with Crippen LogP contribution in [0.25, 0.3) is 0 Å². The van der Waals surface area contributed by atoms with E-state index in [2.05, 4.69) is 33.1 Å². The molecule has 1 N–H and O–H groups in total. The second kappa shape index (κ2) is 5.06. The number of nitrogens with zero attached hydrogens (tertiary/aromatic N) is 1. The number of halogens is 2. The van der Waals surface area contributed by atoms with Crippen molar-refractivity contribution in [2.45, 2.75) is 51.2 Å². The SMILES string of the molecule is Cc1cc(F)c(Br)cc1NC1CC(C)N(C2CC2)C1. The lowest BCUT2D eigenvalue weighted by Crippen LogP contribution is -2.31. The zero-order chi connectivity index (χ0) is 13.6. The smallest absolute Gasteiger partial charge is 0.137 e. The Hall–Kier alpha value is -0.610. The van der Waals surface area contributed by atoms with E-state index in [0.29, 0.717) is 16.6 Å². The fraction of sp³-hybridized carbons (Fsp3) is 0.600. The average molecular weight is 327 g/mol. The Balaban J connectivity index is 1.70. The lowest BCUT2D eigenvalue weighted by Gasteiger charge is -2.20. The Morgan fingerprint density at radius 1 is 1.37 bits per heavy atom. The van der Waals surface area contributed by atoms with E-state index in [1.54, 1.807) is 6.07 Å². The van der Waals surface area contributed by atoms with Gasteiger partial charge >= 0.3 is 0 Å². The highest BCUT2D eigenvalue weighted by Gasteiger charge is 2.38. The van der Waals surface area contributed by atoms with Crippen molar-refractivity contribution in [2.24, 2.45) is 0 Å². The van der Waals surface area contributed by atoms with Crippen LogP contribution in [0, 0.1) is 12.7 Å². The molecule has 0 bridgehead atoms. The number of rotatable bonds is 3. The summed E-state index contributed by atoms with van der Waals surface area (Å²) in [5, 5.41) is 3.58. The topological polar surface area (TPSA) is 15.3 Å². The number of benzene rings is 1. The highest BCUT2D eigenvalue weighted by molar-refractivity contribution is 9.10. The predicted octanol–water partition coefficient (Wildman–Crippen LogP) is 3.93. The van der Waals surface area contributed by atoms with Crippen molar-refractivity contribution in [3.8, 4) is 0 Å². The van der Waals surface area contributed by atoms with Crippen LogP contribution in [0.1, 0.15) is 31.7 Å². The number of nitrogens with one attached hydrogen (secondary N) is 1. The van der Waals surface area contributed by atoms with Crippen molar-refractivity contribution in [3.63, 3.8) is 0 Å². The van der Waals surface area contributed by atoms with Crippen molar-refractivity contribution in [1.82, 2.24) is 4.90 Å². The number of hydrogen-bond donors (Lipinski definition) is 1. The van der Waals surface area contributed by atoms with Crippen LogP contribution in [0.3, 0.4) is 0 Å². The molecule has 4 heteroatoms. The Bertz CT molecular complexity index is 487. The van der Waals surface area contributed by atoms with Gasteiger partial charge in [-0.15, -0.1) is 0 Å². The fourth-order valence-corrected chi connectivity index (χ4v) is 3.44. The average Bonchev–Trinajstić information content (AvgIpc) is 3.11. The van der Waals surface area contributed by atoms with Gasteiger partial charge in [0.05, 0.1) is 4.47 Å². The summed E-state index contributed by atoms with van der Waals surface area (Å²) in [6.07, 6.45) is 3.89. The molecule has 2 unspecified atom stereocenters. The minimum atomic E-state index is -0.192. The number of hydrogen-bond acceptors (Lipinski definition) is 2. The second-order valence-electron chi connectivity index (χ2n) is 5.94. The molecule has 2 aliphatic rings. The summed E-state index contributed by atoms with van der Waals surface area (Å²) in [7, 11) is 0. The molecule has 0 aromatic heterocycles. The van der Waals surface area contributed by atoms with E-state index in [4.69, 9.17) is 0 Å². The van der Waals surface area contributed by atoms with Crippen LogP contribution < -0.4 is 5.32 Å². The van der Waals surface area contributed by atoms with Gasteiger partial charge in [0, 0.05) is 30.4 Å². The fourth-order valence-electron chi connectivity index (χ4n) is 3.10. The van der Waals surface area contributed by atoms with E-state index in [1.807, 2.05) is 13.0 Å². The summed E-state index contributed by atoms with van der Waals surface area (Å²) in [5.74, 6) is -0.192. The minimum absolute atomic E-state index is 0.192. The molecule has 0 radical (unpaired) electrons. The van der Waals surface area contributed by atoms with Crippen molar-refractivity contribution < 1.29 is 4.39 Å². The van der Waals surface area contributed by atoms with Gasteiger partial charge in [-0.25, -0.2) is 4.39 Å². The van der Waals surface area contributed by atoms with Crippen LogP contribution in [-0.4, -0.2) is 29.6 Å². The zero-order valence-corrected chi connectivity index (χ0v) is 13.0. The molecule has 1 aliphatic heterocycles. The third-order valence-corrected chi connectivity index (χ3v) is 4.87. The Morgan fingerprint density at radius 2 is 2.11 bits per heavy atom. The maximum Gasteiger partial charge on any atom is 0.137 e. The first-order valence-electron chi connectivity index (χ1n) is 7.02. The molecule has 2 nitrogen and oxygen atoms in total. The van der Waals surface area contributed by atoms with Crippen LogP contribution >= 0.6 is 15.9 Å². The molecule has 104 valence electrons. The lowest BCUT2D eigenvalue weighted by molar-refractivity contribution is 0.257. The lowest BCUT2D eigenvalue weighted by atomic mass is 10.1. The first-order chi connectivity index (χ1) is 9.04. The summed E-state index contributed by atoms with van der Waals surface area (Å²) in [5.41, 5.74) is 2.02. The zero-order valence-electron chi connectivity index (χ0n) is 11.4. The molecule has 1 saturated carbocycles. The molecule has 1 aliphatic carbocycles. The molecule has 0 amide bonds. The molecule has 1 heterocycles. The third kappa shape index (κ3) is 2.79. The van der Waals surface area contributed by atoms with Gasteiger partial charge in [-0.05, 0) is 66.7 Å². The van der Waals surface area contributed by atoms with Gasteiger partial charge in [0.1, 0.15) is 5.82 Å². The number of anilines is 1. The second-order valence-corrected chi connectivity index (χ2v) is 6.79. The summed E-state index contributed by atoms with van der Waals surface area (Å²) >= 11 is 3.26. The van der Waals surface area contributed by atoms with E-state index >= 15 is 0 Å². The Kier molecular flexibility index (Phi) is 3.56. The molecule has 2 atom stereocenters. The van der Waals surface area contributed by atoms with E-state index in [1.165, 1.54) is 19.3 Å². The van der Waals surface area contributed by atoms with Gasteiger partial charge in [0.2, 0.25) is 0 Å². The molecule has 2 fully saturated rings. The van der Waals surface area contributed by atoms with Crippen LogP contribution in [-0.2, 0) is 0 Å².